The fourth-order valence-corrected chi connectivity index (χ4v) is 0.775. The first-order chi connectivity index (χ1) is 4.88. The highest BCUT2D eigenvalue weighted by Crippen LogP contribution is 2.05. The number of aromatic nitrogens is 4. The highest BCUT2D eigenvalue weighted by atomic mass is 16.1. The van der Waals surface area contributed by atoms with E-state index in [9.17, 15) is 4.79 Å². The van der Waals surface area contributed by atoms with E-state index in [-0.39, 0.29) is 5.56 Å². The monoisotopic (exact) mass is 136 g/mol. The van der Waals surface area contributed by atoms with Crippen molar-refractivity contribution in [2.24, 2.45) is 0 Å². The molecule has 2 aliphatic rings. The Morgan fingerprint density at radius 2 is 2.30 bits per heavy atom. The van der Waals surface area contributed by atoms with Crippen LogP contribution in [0.25, 0.3) is 11.4 Å². The summed E-state index contributed by atoms with van der Waals surface area (Å²) in [6.45, 7) is 0. The van der Waals surface area contributed by atoms with Crippen LogP contribution in [0.2, 0.25) is 0 Å². The molecule has 0 radical (unpaired) electrons. The minimum absolute atomic E-state index is 0.258. The number of nitrogens with zero attached hydrogens (tertiary/aromatic N) is 2. The SMILES string of the molecule is O=c1[nH]nc2cc[nH]nc1-2. The standard InChI is InChI=1S/C5H4N4O/c10-5-4-3(7-9-5)1-2-6-8-4/h1-2,6H,(H,9,10). The molecular weight excluding hydrogens is 132 g/mol. The molecule has 0 unspecified atom stereocenters. The molecule has 2 N–H and O–H groups in total. The molecule has 0 fully saturated rings. The van der Waals surface area contributed by atoms with Crippen LogP contribution in [-0.4, -0.2) is 20.4 Å². The summed E-state index contributed by atoms with van der Waals surface area (Å²) < 4.78 is 0. The summed E-state index contributed by atoms with van der Waals surface area (Å²) in [5.74, 6) is 0. The molecule has 5 nitrogen and oxygen atoms in total. The van der Waals surface area contributed by atoms with Gasteiger partial charge in [0.05, 0.1) is 0 Å². The van der Waals surface area contributed by atoms with Crippen molar-refractivity contribution in [2.45, 2.75) is 0 Å². The van der Waals surface area contributed by atoms with Crippen molar-refractivity contribution in [3.63, 3.8) is 0 Å². The average molecular weight is 136 g/mol. The first-order valence-corrected chi connectivity index (χ1v) is 2.76. The molecule has 0 bridgehead atoms. The second-order valence-electron chi connectivity index (χ2n) is 1.86. The molecule has 2 aliphatic heterocycles. The number of rotatable bonds is 0. The summed E-state index contributed by atoms with van der Waals surface area (Å²) in [4.78, 5) is 10.8. The van der Waals surface area contributed by atoms with E-state index in [0.29, 0.717) is 11.4 Å². The second-order valence-corrected chi connectivity index (χ2v) is 1.86. The van der Waals surface area contributed by atoms with Crippen LogP contribution in [0.3, 0.4) is 0 Å². The molecule has 2 rings (SSSR count). The highest BCUT2D eigenvalue weighted by Gasteiger charge is 2.08. The fraction of sp³-hybridized carbons (Fsp3) is 0. The van der Waals surface area contributed by atoms with Crippen LogP contribution in [0, 0.1) is 0 Å². The van der Waals surface area contributed by atoms with E-state index < -0.39 is 0 Å². The van der Waals surface area contributed by atoms with Gasteiger partial charge in [-0.2, -0.15) is 10.2 Å². The molecule has 0 aromatic rings. The molecule has 0 aromatic heterocycles. The topological polar surface area (TPSA) is 74.4 Å². The van der Waals surface area contributed by atoms with Crippen LogP contribution < -0.4 is 5.56 Å². The second kappa shape index (κ2) is 1.66. The van der Waals surface area contributed by atoms with Gasteiger partial charge in [0, 0.05) is 6.20 Å². The summed E-state index contributed by atoms with van der Waals surface area (Å²) >= 11 is 0. The van der Waals surface area contributed by atoms with E-state index in [2.05, 4.69) is 20.4 Å². The third-order valence-corrected chi connectivity index (χ3v) is 1.23. The molecule has 10 heavy (non-hydrogen) atoms. The summed E-state index contributed by atoms with van der Waals surface area (Å²) in [6, 6.07) is 1.68. The maximum atomic E-state index is 10.8. The number of fused-ring (bicyclic) bond motifs is 1. The Labute approximate surface area is 55.4 Å². The van der Waals surface area contributed by atoms with Gasteiger partial charge in [0.1, 0.15) is 5.69 Å². The van der Waals surface area contributed by atoms with E-state index in [1.807, 2.05) is 0 Å². The van der Waals surface area contributed by atoms with E-state index in [1.165, 1.54) is 0 Å². The van der Waals surface area contributed by atoms with Gasteiger partial charge < -0.3 is 0 Å². The third kappa shape index (κ3) is 0.540. The molecule has 0 amide bonds. The van der Waals surface area contributed by atoms with Gasteiger partial charge in [0.2, 0.25) is 0 Å². The number of H-pyrrole nitrogens is 2. The van der Waals surface area contributed by atoms with Crippen LogP contribution in [-0.2, 0) is 0 Å². The molecule has 0 aliphatic carbocycles. The summed E-state index contributed by atoms with van der Waals surface area (Å²) in [6.07, 6.45) is 1.61. The van der Waals surface area contributed by atoms with Gasteiger partial charge in [-0.15, -0.1) is 0 Å². The Kier molecular flexibility index (Phi) is 0.858. The maximum absolute atomic E-state index is 10.8. The number of aromatic amines is 2. The minimum atomic E-state index is -0.258. The van der Waals surface area contributed by atoms with Crippen LogP contribution in [0.5, 0.6) is 0 Å². The first kappa shape index (κ1) is 5.16. The molecule has 0 atom stereocenters. The summed E-state index contributed by atoms with van der Waals surface area (Å²) in [5.41, 5.74) is 0.679. The zero-order valence-corrected chi connectivity index (χ0v) is 4.96. The van der Waals surface area contributed by atoms with Gasteiger partial charge in [-0.05, 0) is 6.07 Å². The van der Waals surface area contributed by atoms with Crippen LogP contribution >= 0.6 is 0 Å². The Bertz CT molecular complexity index is 362. The molecule has 5 heteroatoms. The zero-order valence-electron chi connectivity index (χ0n) is 4.96. The Balaban J connectivity index is 2.91. The fourth-order valence-electron chi connectivity index (χ4n) is 0.775. The van der Waals surface area contributed by atoms with Gasteiger partial charge in [-0.1, -0.05) is 0 Å². The van der Waals surface area contributed by atoms with Gasteiger partial charge in [0.25, 0.3) is 5.56 Å². The van der Waals surface area contributed by atoms with Gasteiger partial charge in [-0.25, -0.2) is 5.10 Å². The molecular formula is C5H4N4O. The molecule has 0 saturated heterocycles. The lowest BCUT2D eigenvalue weighted by atomic mass is 10.3. The number of hydrogen-bond donors (Lipinski definition) is 2. The summed E-state index contributed by atoms with van der Waals surface area (Å²) in [7, 11) is 0. The van der Waals surface area contributed by atoms with Gasteiger partial charge in [0.15, 0.2) is 5.69 Å². The van der Waals surface area contributed by atoms with E-state index >= 15 is 0 Å². The van der Waals surface area contributed by atoms with Crippen molar-refractivity contribution in [2.75, 3.05) is 0 Å². The van der Waals surface area contributed by atoms with Crippen LogP contribution in [0.15, 0.2) is 17.1 Å². The van der Waals surface area contributed by atoms with Crippen molar-refractivity contribution >= 4 is 0 Å². The minimum Gasteiger partial charge on any atom is -0.285 e. The molecule has 0 aromatic carbocycles. The molecule has 2 heterocycles. The zero-order chi connectivity index (χ0) is 6.97. The van der Waals surface area contributed by atoms with E-state index in [0.717, 1.165) is 0 Å². The van der Waals surface area contributed by atoms with Crippen LogP contribution in [0.4, 0.5) is 0 Å². The Morgan fingerprint density at radius 3 is 3.10 bits per heavy atom. The van der Waals surface area contributed by atoms with Crippen molar-refractivity contribution in [1.82, 2.24) is 20.4 Å². The Hall–Kier alpha value is -1.65. The van der Waals surface area contributed by atoms with Crippen molar-refractivity contribution < 1.29 is 0 Å². The first-order valence-electron chi connectivity index (χ1n) is 2.76. The molecule has 50 valence electrons. The lowest BCUT2D eigenvalue weighted by molar-refractivity contribution is 1.03. The molecule has 0 spiro atoms. The smallest absolute Gasteiger partial charge is 0.285 e. The van der Waals surface area contributed by atoms with Crippen molar-refractivity contribution in [3.8, 4) is 11.4 Å². The third-order valence-electron chi connectivity index (χ3n) is 1.23. The highest BCUT2D eigenvalue weighted by molar-refractivity contribution is 5.51. The van der Waals surface area contributed by atoms with Crippen molar-refractivity contribution in [1.29, 1.82) is 0 Å². The largest absolute Gasteiger partial charge is 0.294 e. The lowest BCUT2D eigenvalue weighted by Gasteiger charge is -1.87. The normalized spacial score (nSPS) is 10.4. The quantitative estimate of drug-likeness (QED) is 0.517. The lowest BCUT2D eigenvalue weighted by Crippen LogP contribution is -2.02. The van der Waals surface area contributed by atoms with E-state index in [4.69, 9.17) is 0 Å². The van der Waals surface area contributed by atoms with Gasteiger partial charge in [-0.3, -0.25) is 9.89 Å². The Morgan fingerprint density at radius 1 is 1.40 bits per heavy atom. The van der Waals surface area contributed by atoms with Crippen LogP contribution in [0.1, 0.15) is 0 Å². The van der Waals surface area contributed by atoms with Crippen molar-refractivity contribution in [3.05, 3.63) is 22.6 Å². The van der Waals surface area contributed by atoms with E-state index in [1.54, 1.807) is 12.3 Å². The number of hydrogen-bond acceptors (Lipinski definition) is 3. The molecule has 0 saturated carbocycles. The predicted molar refractivity (Wildman–Crippen MR) is 33.6 cm³/mol. The predicted octanol–water partition coefficient (Wildman–Crippen LogP) is -0.402. The summed E-state index contributed by atoms with van der Waals surface area (Å²) in [5, 5.41) is 12.2. The number of nitrogens with one attached hydrogen (secondary N) is 2. The average Bonchev–Trinajstić information content (AvgIpc) is 2.34. The maximum Gasteiger partial charge on any atom is 0.294 e. The van der Waals surface area contributed by atoms with Gasteiger partial charge >= 0.3 is 0 Å².